The second kappa shape index (κ2) is 5.19. The van der Waals surface area contributed by atoms with Crippen molar-refractivity contribution in [1.29, 1.82) is 0 Å². The first-order chi connectivity index (χ1) is 9.88. The standard InChI is InChI=1S/C16H18N2OS/c1-2-4-13(5-3-1)15-10-17-16(20-15)19-14-11-18-8-6-12(14)7-9-18/h1-5,10,12,14H,6-9,11H2. The number of hydrogen-bond acceptors (Lipinski definition) is 4. The van der Waals surface area contributed by atoms with E-state index in [0.29, 0.717) is 6.10 Å². The van der Waals surface area contributed by atoms with Gasteiger partial charge in [-0.05, 0) is 37.4 Å². The van der Waals surface area contributed by atoms with Crippen molar-refractivity contribution in [2.24, 2.45) is 5.92 Å². The van der Waals surface area contributed by atoms with Crippen LogP contribution in [-0.4, -0.2) is 35.6 Å². The number of nitrogens with zero attached hydrogens (tertiary/aromatic N) is 2. The van der Waals surface area contributed by atoms with Gasteiger partial charge in [-0.15, -0.1) is 0 Å². The molecule has 1 aromatic heterocycles. The lowest BCUT2D eigenvalue weighted by atomic mass is 9.86. The Kier molecular flexibility index (Phi) is 3.20. The molecule has 0 N–H and O–H groups in total. The van der Waals surface area contributed by atoms with Crippen molar-refractivity contribution in [2.75, 3.05) is 19.6 Å². The van der Waals surface area contributed by atoms with Gasteiger partial charge in [0, 0.05) is 12.7 Å². The summed E-state index contributed by atoms with van der Waals surface area (Å²) in [4.78, 5) is 8.14. The van der Waals surface area contributed by atoms with Crippen molar-refractivity contribution < 1.29 is 4.74 Å². The van der Waals surface area contributed by atoms with E-state index in [1.807, 2.05) is 12.3 Å². The van der Waals surface area contributed by atoms with Crippen LogP contribution >= 0.6 is 11.3 Å². The van der Waals surface area contributed by atoms with Crippen LogP contribution in [-0.2, 0) is 0 Å². The Morgan fingerprint density at radius 1 is 1.15 bits per heavy atom. The third-order valence-electron chi connectivity index (χ3n) is 4.39. The summed E-state index contributed by atoms with van der Waals surface area (Å²) in [7, 11) is 0. The van der Waals surface area contributed by atoms with E-state index in [2.05, 4.69) is 34.1 Å². The number of piperidine rings is 3. The maximum Gasteiger partial charge on any atom is 0.274 e. The molecule has 3 aliphatic rings. The Hall–Kier alpha value is -1.39. The van der Waals surface area contributed by atoms with Gasteiger partial charge < -0.3 is 4.74 Å². The van der Waals surface area contributed by atoms with Crippen molar-refractivity contribution >= 4 is 11.3 Å². The van der Waals surface area contributed by atoms with E-state index in [0.717, 1.165) is 17.7 Å². The van der Waals surface area contributed by atoms with Gasteiger partial charge in [-0.25, -0.2) is 4.98 Å². The number of rotatable bonds is 3. The molecule has 0 spiro atoms. The lowest BCUT2D eigenvalue weighted by Gasteiger charge is -2.43. The Morgan fingerprint density at radius 2 is 1.95 bits per heavy atom. The summed E-state index contributed by atoms with van der Waals surface area (Å²) in [6, 6.07) is 10.4. The highest BCUT2D eigenvalue weighted by Crippen LogP contribution is 2.34. The van der Waals surface area contributed by atoms with Crippen molar-refractivity contribution in [3.63, 3.8) is 0 Å². The van der Waals surface area contributed by atoms with Gasteiger partial charge in [0.2, 0.25) is 0 Å². The number of ether oxygens (including phenoxy) is 1. The summed E-state index contributed by atoms with van der Waals surface area (Å²) < 4.78 is 6.16. The smallest absolute Gasteiger partial charge is 0.274 e. The zero-order valence-electron chi connectivity index (χ0n) is 11.4. The molecule has 0 aliphatic carbocycles. The van der Waals surface area contributed by atoms with Gasteiger partial charge in [0.15, 0.2) is 0 Å². The highest BCUT2D eigenvalue weighted by molar-refractivity contribution is 7.16. The fourth-order valence-corrected chi connectivity index (χ4v) is 4.05. The van der Waals surface area contributed by atoms with E-state index >= 15 is 0 Å². The number of benzene rings is 1. The molecule has 0 saturated carbocycles. The number of thiazole rings is 1. The molecule has 1 aromatic carbocycles. The Morgan fingerprint density at radius 3 is 2.65 bits per heavy atom. The van der Waals surface area contributed by atoms with Crippen molar-refractivity contribution in [3.8, 4) is 15.6 Å². The van der Waals surface area contributed by atoms with E-state index in [1.54, 1.807) is 11.3 Å². The molecule has 0 radical (unpaired) electrons. The monoisotopic (exact) mass is 286 g/mol. The van der Waals surface area contributed by atoms with Crippen molar-refractivity contribution in [2.45, 2.75) is 18.9 Å². The molecular formula is C16H18N2OS. The van der Waals surface area contributed by atoms with E-state index in [4.69, 9.17) is 4.74 Å². The van der Waals surface area contributed by atoms with Crippen LogP contribution in [0.3, 0.4) is 0 Å². The molecular weight excluding hydrogens is 268 g/mol. The lowest BCUT2D eigenvalue weighted by molar-refractivity contribution is -0.00785. The van der Waals surface area contributed by atoms with Crippen LogP contribution in [0.5, 0.6) is 5.19 Å². The second-order valence-electron chi connectivity index (χ2n) is 5.65. The third-order valence-corrected chi connectivity index (χ3v) is 5.33. The minimum atomic E-state index is 0.340. The summed E-state index contributed by atoms with van der Waals surface area (Å²) in [6.07, 6.45) is 4.83. The van der Waals surface area contributed by atoms with Gasteiger partial charge in [0.1, 0.15) is 6.10 Å². The zero-order chi connectivity index (χ0) is 13.4. The zero-order valence-corrected chi connectivity index (χ0v) is 12.2. The average molecular weight is 286 g/mol. The van der Waals surface area contributed by atoms with Gasteiger partial charge in [-0.2, -0.15) is 0 Å². The molecule has 3 nitrogen and oxygen atoms in total. The molecule has 3 fully saturated rings. The predicted octanol–water partition coefficient (Wildman–Crippen LogP) is 3.28. The van der Waals surface area contributed by atoms with Gasteiger partial charge in [-0.1, -0.05) is 41.7 Å². The molecule has 4 heterocycles. The molecule has 1 unspecified atom stereocenters. The fraction of sp³-hybridized carbons (Fsp3) is 0.438. The number of aromatic nitrogens is 1. The SMILES string of the molecule is c1ccc(-c2cnc(OC3CN4CCC3CC4)s2)cc1. The highest BCUT2D eigenvalue weighted by Gasteiger charge is 2.35. The summed E-state index contributed by atoms with van der Waals surface area (Å²) in [5.41, 5.74) is 1.22. The Balaban J connectivity index is 1.49. The van der Waals surface area contributed by atoms with E-state index < -0.39 is 0 Å². The van der Waals surface area contributed by atoms with E-state index in [1.165, 1.54) is 36.4 Å². The van der Waals surface area contributed by atoms with Gasteiger partial charge in [0.05, 0.1) is 4.88 Å². The lowest BCUT2D eigenvalue weighted by Crippen LogP contribution is -2.52. The maximum absolute atomic E-state index is 6.16. The molecule has 104 valence electrons. The number of hydrogen-bond donors (Lipinski definition) is 0. The normalized spacial score (nSPS) is 28.5. The van der Waals surface area contributed by atoms with Crippen molar-refractivity contribution in [1.82, 2.24) is 9.88 Å². The predicted molar refractivity (Wildman–Crippen MR) is 81.1 cm³/mol. The first kappa shape index (κ1) is 12.4. The summed E-state index contributed by atoms with van der Waals surface area (Å²) >= 11 is 1.66. The minimum Gasteiger partial charge on any atom is -0.465 e. The quantitative estimate of drug-likeness (QED) is 0.866. The Labute approximate surface area is 123 Å². The van der Waals surface area contributed by atoms with Crippen molar-refractivity contribution in [3.05, 3.63) is 36.5 Å². The van der Waals surface area contributed by atoms with Crippen LogP contribution in [0, 0.1) is 5.92 Å². The molecule has 2 bridgehead atoms. The maximum atomic E-state index is 6.16. The van der Waals surface area contributed by atoms with Crippen LogP contribution < -0.4 is 4.74 Å². The van der Waals surface area contributed by atoms with Gasteiger partial charge >= 0.3 is 0 Å². The van der Waals surface area contributed by atoms with Crippen LogP contribution in [0.15, 0.2) is 36.5 Å². The second-order valence-corrected chi connectivity index (χ2v) is 6.64. The van der Waals surface area contributed by atoms with Gasteiger partial charge in [0.25, 0.3) is 5.19 Å². The molecule has 4 heteroatoms. The summed E-state index contributed by atoms with van der Waals surface area (Å²) in [6.45, 7) is 3.57. The highest BCUT2D eigenvalue weighted by atomic mass is 32.1. The first-order valence-electron chi connectivity index (χ1n) is 7.29. The van der Waals surface area contributed by atoms with Crippen LogP contribution in [0.2, 0.25) is 0 Å². The largest absolute Gasteiger partial charge is 0.465 e. The summed E-state index contributed by atoms with van der Waals surface area (Å²) in [5, 5.41) is 0.822. The topological polar surface area (TPSA) is 25.4 Å². The van der Waals surface area contributed by atoms with E-state index in [-0.39, 0.29) is 0 Å². The van der Waals surface area contributed by atoms with Crippen LogP contribution in [0.1, 0.15) is 12.8 Å². The summed E-state index contributed by atoms with van der Waals surface area (Å²) in [5.74, 6) is 0.726. The first-order valence-corrected chi connectivity index (χ1v) is 8.10. The van der Waals surface area contributed by atoms with Crippen LogP contribution in [0.4, 0.5) is 0 Å². The third kappa shape index (κ3) is 2.34. The molecule has 3 aliphatic heterocycles. The van der Waals surface area contributed by atoms with Gasteiger partial charge in [-0.3, -0.25) is 4.90 Å². The molecule has 2 aromatic rings. The molecule has 5 rings (SSSR count). The Bertz CT molecular complexity index is 575. The molecule has 3 saturated heterocycles. The van der Waals surface area contributed by atoms with E-state index in [9.17, 15) is 0 Å². The molecule has 20 heavy (non-hydrogen) atoms. The molecule has 0 amide bonds. The minimum absolute atomic E-state index is 0.340. The fourth-order valence-electron chi connectivity index (χ4n) is 3.22. The average Bonchev–Trinajstić information content (AvgIpc) is 2.98. The molecule has 1 atom stereocenters. The van der Waals surface area contributed by atoms with Crippen LogP contribution in [0.25, 0.3) is 10.4 Å². The number of fused-ring (bicyclic) bond motifs is 3.